The van der Waals surface area contributed by atoms with Gasteiger partial charge in [0.2, 0.25) is 0 Å². The second kappa shape index (κ2) is 5.31. The van der Waals surface area contributed by atoms with Crippen LogP contribution in [0.4, 0.5) is 11.4 Å². The van der Waals surface area contributed by atoms with E-state index in [0.29, 0.717) is 12.2 Å². The van der Waals surface area contributed by atoms with Gasteiger partial charge in [-0.3, -0.25) is 10.1 Å². The summed E-state index contributed by atoms with van der Waals surface area (Å²) in [5.41, 5.74) is 2.94. The Morgan fingerprint density at radius 1 is 1.11 bits per heavy atom. The molecule has 0 aliphatic carbocycles. The predicted octanol–water partition coefficient (Wildman–Crippen LogP) is 3.52. The van der Waals surface area contributed by atoms with Crippen molar-refractivity contribution in [3.8, 4) is 0 Å². The number of nitrogens with one attached hydrogen (secondary N) is 1. The fraction of sp³-hybridized carbons (Fsp3) is 0.143. The first kappa shape index (κ1) is 12.1. The first-order valence-corrected chi connectivity index (χ1v) is 5.69. The number of benzene rings is 2. The van der Waals surface area contributed by atoms with Crippen LogP contribution in [-0.2, 0) is 6.54 Å². The van der Waals surface area contributed by atoms with Gasteiger partial charge in [0.1, 0.15) is 5.69 Å². The van der Waals surface area contributed by atoms with Crippen LogP contribution in [0.5, 0.6) is 0 Å². The van der Waals surface area contributed by atoms with Crippen LogP contribution in [-0.4, -0.2) is 4.92 Å². The minimum Gasteiger partial charge on any atom is -0.375 e. The Morgan fingerprint density at radius 2 is 1.78 bits per heavy atom. The van der Waals surface area contributed by atoms with Gasteiger partial charge in [-0.05, 0) is 18.6 Å². The summed E-state index contributed by atoms with van der Waals surface area (Å²) in [7, 11) is 0. The number of nitro groups is 1. The maximum Gasteiger partial charge on any atom is 0.292 e. The molecule has 0 saturated heterocycles. The molecule has 92 valence electrons. The van der Waals surface area contributed by atoms with Gasteiger partial charge in [0.15, 0.2) is 0 Å². The highest BCUT2D eigenvalue weighted by Gasteiger charge is 2.11. The lowest BCUT2D eigenvalue weighted by molar-refractivity contribution is -0.384. The smallest absolute Gasteiger partial charge is 0.292 e. The molecule has 1 N–H and O–H groups in total. The number of aryl methyl sites for hydroxylation is 1. The van der Waals surface area contributed by atoms with Crippen molar-refractivity contribution in [1.29, 1.82) is 0 Å². The van der Waals surface area contributed by atoms with E-state index in [1.165, 1.54) is 11.6 Å². The quantitative estimate of drug-likeness (QED) is 0.659. The van der Waals surface area contributed by atoms with Crippen LogP contribution in [0.2, 0.25) is 0 Å². The molecule has 0 amide bonds. The van der Waals surface area contributed by atoms with Crippen LogP contribution in [0.3, 0.4) is 0 Å². The van der Waals surface area contributed by atoms with Crippen LogP contribution in [0.25, 0.3) is 0 Å². The molecule has 0 spiro atoms. The Balaban J connectivity index is 2.10. The van der Waals surface area contributed by atoms with E-state index >= 15 is 0 Å². The Hall–Kier alpha value is -2.36. The van der Waals surface area contributed by atoms with Crippen molar-refractivity contribution in [3.05, 3.63) is 69.8 Å². The van der Waals surface area contributed by atoms with Gasteiger partial charge >= 0.3 is 0 Å². The zero-order valence-electron chi connectivity index (χ0n) is 10.1. The standard InChI is InChI=1S/C14H14N2O2/c1-11-6-8-12(9-7-11)10-15-13-4-2-3-5-14(13)16(17)18/h2-9,15H,10H2,1H3. The van der Waals surface area contributed by atoms with E-state index in [4.69, 9.17) is 0 Å². The molecule has 0 aromatic heterocycles. The summed E-state index contributed by atoms with van der Waals surface area (Å²) in [5.74, 6) is 0. The van der Waals surface area contributed by atoms with Gasteiger partial charge in [0, 0.05) is 12.6 Å². The zero-order valence-corrected chi connectivity index (χ0v) is 10.1. The summed E-state index contributed by atoms with van der Waals surface area (Å²) >= 11 is 0. The lowest BCUT2D eigenvalue weighted by Crippen LogP contribution is -2.02. The van der Waals surface area contributed by atoms with Gasteiger partial charge in [-0.15, -0.1) is 0 Å². The van der Waals surface area contributed by atoms with Crippen molar-refractivity contribution in [1.82, 2.24) is 0 Å². The van der Waals surface area contributed by atoms with Crippen LogP contribution in [0.1, 0.15) is 11.1 Å². The zero-order chi connectivity index (χ0) is 13.0. The van der Waals surface area contributed by atoms with Gasteiger partial charge in [-0.2, -0.15) is 0 Å². The molecule has 2 aromatic rings. The minimum absolute atomic E-state index is 0.101. The Labute approximate surface area is 105 Å². The lowest BCUT2D eigenvalue weighted by Gasteiger charge is -2.07. The van der Waals surface area contributed by atoms with Crippen molar-refractivity contribution in [2.75, 3.05) is 5.32 Å². The first-order chi connectivity index (χ1) is 8.66. The highest BCUT2D eigenvalue weighted by Crippen LogP contribution is 2.23. The molecule has 0 radical (unpaired) electrons. The Bertz CT molecular complexity index is 550. The largest absolute Gasteiger partial charge is 0.375 e. The molecule has 0 atom stereocenters. The first-order valence-electron chi connectivity index (χ1n) is 5.69. The average molecular weight is 242 g/mol. The number of nitrogens with zero attached hydrogens (tertiary/aromatic N) is 1. The molecule has 0 unspecified atom stereocenters. The Kier molecular flexibility index (Phi) is 3.57. The van der Waals surface area contributed by atoms with E-state index in [1.54, 1.807) is 18.2 Å². The van der Waals surface area contributed by atoms with Crippen LogP contribution in [0, 0.1) is 17.0 Å². The van der Waals surface area contributed by atoms with Crippen LogP contribution < -0.4 is 5.32 Å². The number of hydrogen-bond donors (Lipinski definition) is 1. The number of rotatable bonds is 4. The monoisotopic (exact) mass is 242 g/mol. The summed E-state index contributed by atoms with van der Waals surface area (Å²) in [4.78, 5) is 10.5. The van der Waals surface area contributed by atoms with Crippen molar-refractivity contribution < 1.29 is 4.92 Å². The topological polar surface area (TPSA) is 55.2 Å². The van der Waals surface area contributed by atoms with Crippen molar-refractivity contribution in [3.63, 3.8) is 0 Å². The highest BCUT2D eigenvalue weighted by molar-refractivity contribution is 5.61. The number of nitro benzene ring substituents is 1. The maximum atomic E-state index is 10.8. The molecule has 4 heteroatoms. The molecule has 0 aliphatic heterocycles. The van der Waals surface area contributed by atoms with Crippen LogP contribution in [0.15, 0.2) is 48.5 Å². The summed E-state index contributed by atoms with van der Waals surface area (Å²) in [5, 5.41) is 13.9. The highest BCUT2D eigenvalue weighted by atomic mass is 16.6. The molecule has 0 fully saturated rings. The lowest BCUT2D eigenvalue weighted by atomic mass is 10.1. The third-order valence-corrected chi connectivity index (χ3v) is 2.70. The van der Waals surface area contributed by atoms with Crippen LogP contribution >= 0.6 is 0 Å². The molecule has 0 bridgehead atoms. The maximum absolute atomic E-state index is 10.8. The third-order valence-electron chi connectivity index (χ3n) is 2.70. The van der Waals surface area contributed by atoms with Crippen molar-refractivity contribution in [2.24, 2.45) is 0 Å². The minimum atomic E-state index is -0.378. The Morgan fingerprint density at radius 3 is 2.44 bits per heavy atom. The molecule has 0 aliphatic rings. The fourth-order valence-corrected chi connectivity index (χ4v) is 1.69. The molecule has 0 heterocycles. The molecule has 4 nitrogen and oxygen atoms in total. The van der Waals surface area contributed by atoms with E-state index < -0.39 is 0 Å². The second-order valence-electron chi connectivity index (χ2n) is 4.11. The van der Waals surface area contributed by atoms with Gasteiger partial charge in [0.05, 0.1) is 4.92 Å². The predicted molar refractivity (Wildman–Crippen MR) is 71.6 cm³/mol. The average Bonchev–Trinajstić information content (AvgIpc) is 2.38. The SMILES string of the molecule is Cc1ccc(CNc2ccccc2[N+](=O)[O-])cc1. The summed E-state index contributed by atoms with van der Waals surface area (Å²) in [6.45, 7) is 2.60. The molecule has 18 heavy (non-hydrogen) atoms. The summed E-state index contributed by atoms with van der Waals surface area (Å²) < 4.78 is 0. The number of hydrogen-bond acceptors (Lipinski definition) is 3. The number of anilines is 1. The van der Waals surface area contributed by atoms with E-state index in [-0.39, 0.29) is 10.6 Å². The van der Waals surface area contributed by atoms with Crippen molar-refractivity contribution in [2.45, 2.75) is 13.5 Å². The summed E-state index contributed by atoms with van der Waals surface area (Å²) in [6, 6.07) is 14.7. The van der Waals surface area contributed by atoms with E-state index in [2.05, 4.69) is 5.32 Å². The van der Waals surface area contributed by atoms with E-state index in [0.717, 1.165) is 5.56 Å². The molecule has 2 aromatic carbocycles. The third kappa shape index (κ3) is 2.85. The number of para-hydroxylation sites is 2. The van der Waals surface area contributed by atoms with Gasteiger partial charge in [-0.25, -0.2) is 0 Å². The second-order valence-corrected chi connectivity index (χ2v) is 4.11. The molecule has 0 saturated carbocycles. The van der Waals surface area contributed by atoms with Gasteiger partial charge in [-0.1, -0.05) is 42.0 Å². The molecule has 2 rings (SSSR count). The summed E-state index contributed by atoms with van der Waals surface area (Å²) in [6.07, 6.45) is 0. The van der Waals surface area contributed by atoms with Gasteiger partial charge in [0.25, 0.3) is 5.69 Å². The molecular formula is C14H14N2O2. The van der Waals surface area contributed by atoms with Gasteiger partial charge < -0.3 is 5.32 Å². The molecular weight excluding hydrogens is 228 g/mol. The fourth-order valence-electron chi connectivity index (χ4n) is 1.69. The van der Waals surface area contributed by atoms with E-state index in [9.17, 15) is 10.1 Å². The van der Waals surface area contributed by atoms with Crippen molar-refractivity contribution >= 4 is 11.4 Å². The van der Waals surface area contributed by atoms with E-state index in [1.807, 2.05) is 31.2 Å². The normalized spacial score (nSPS) is 10.1.